The van der Waals surface area contributed by atoms with Crippen LogP contribution in [-0.2, 0) is 22.4 Å². The predicted molar refractivity (Wildman–Crippen MR) is 88.1 cm³/mol. The lowest BCUT2D eigenvalue weighted by atomic mass is 9.85. The molecule has 0 radical (unpaired) electrons. The largest absolute Gasteiger partial charge is 0.274 e. The lowest BCUT2D eigenvalue weighted by Crippen LogP contribution is -2.31. The average molecular weight is 322 g/mol. The van der Waals surface area contributed by atoms with Gasteiger partial charge in [-0.2, -0.15) is 4.98 Å². The number of fused-ring (bicyclic) bond motifs is 1. The van der Waals surface area contributed by atoms with E-state index in [9.17, 15) is 9.59 Å². The number of H-pyrrole nitrogens is 1. The third-order valence-corrected chi connectivity index (χ3v) is 4.72. The summed E-state index contributed by atoms with van der Waals surface area (Å²) < 4.78 is 0. The van der Waals surface area contributed by atoms with Crippen LogP contribution in [0.25, 0.3) is 0 Å². The van der Waals surface area contributed by atoms with Gasteiger partial charge in [-0.25, -0.2) is 4.90 Å². The highest BCUT2D eigenvalue weighted by Crippen LogP contribution is 2.36. The van der Waals surface area contributed by atoms with Crippen molar-refractivity contribution in [2.75, 3.05) is 4.90 Å². The van der Waals surface area contributed by atoms with Crippen LogP contribution in [0.1, 0.15) is 24.2 Å². The van der Waals surface area contributed by atoms with Gasteiger partial charge in [0.2, 0.25) is 11.8 Å². The molecule has 2 amide bonds. The first-order chi connectivity index (χ1) is 11.7. The molecule has 1 aliphatic carbocycles. The van der Waals surface area contributed by atoms with Gasteiger partial charge < -0.3 is 0 Å². The number of nitrogens with one attached hydrogen (secondary N) is 1. The van der Waals surface area contributed by atoms with Gasteiger partial charge in [0.1, 0.15) is 5.82 Å². The quantitative estimate of drug-likeness (QED) is 0.690. The molecule has 1 aromatic heterocycles. The van der Waals surface area contributed by atoms with Gasteiger partial charge in [-0.3, -0.25) is 14.7 Å². The van der Waals surface area contributed by atoms with E-state index in [1.165, 1.54) is 5.56 Å². The number of nitrogens with zero attached hydrogens (tertiary/aromatic N) is 3. The van der Waals surface area contributed by atoms with Crippen LogP contribution < -0.4 is 4.90 Å². The highest BCUT2D eigenvalue weighted by Gasteiger charge is 2.49. The Bertz CT molecular complexity index is 770. The van der Waals surface area contributed by atoms with E-state index in [4.69, 9.17) is 0 Å². The number of hydrogen-bond acceptors (Lipinski definition) is 4. The van der Waals surface area contributed by atoms with Crippen LogP contribution in [0.3, 0.4) is 0 Å². The summed E-state index contributed by atoms with van der Waals surface area (Å²) in [4.78, 5) is 30.6. The molecule has 0 unspecified atom stereocenters. The fraction of sp³-hybridized carbons (Fsp3) is 0.333. The van der Waals surface area contributed by atoms with E-state index in [0.29, 0.717) is 25.1 Å². The smallest absolute Gasteiger partial charge is 0.258 e. The minimum atomic E-state index is -0.256. The second kappa shape index (κ2) is 6.03. The van der Waals surface area contributed by atoms with Crippen molar-refractivity contribution in [3.05, 3.63) is 53.9 Å². The molecule has 2 atom stereocenters. The van der Waals surface area contributed by atoms with Gasteiger partial charge in [0.05, 0.1) is 11.8 Å². The van der Waals surface area contributed by atoms with E-state index < -0.39 is 0 Å². The van der Waals surface area contributed by atoms with Crippen LogP contribution in [0, 0.1) is 11.8 Å². The SMILES string of the molecule is O=C1[C@@H]2CC=CC[C@H]2C(=O)N1c1n[nH]c(CCc2ccccc2)n1. The topological polar surface area (TPSA) is 79.0 Å². The number of carbonyl (C=O) groups excluding carboxylic acids is 2. The Kier molecular flexibility index (Phi) is 3.72. The van der Waals surface area contributed by atoms with Gasteiger partial charge in [0.15, 0.2) is 0 Å². The number of benzene rings is 1. The van der Waals surface area contributed by atoms with Crippen molar-refractivity contribution in [3.63, 3.8) is 0 Å². The van der Waals surface area contributed by atoms with Crippen molar-refractivity contribution in [3.8, 4) is 0 Å². The minimum Gasteiger partial charge on any atom is -0.274 e. The second-order valence-electron chi connectivity index (χ2n) is 6.24. The molecule has 2 heterocycles. The van der Waals surface area contributed by atoms with Crippen LogP contribution in [0.2, 0.25) is 0 Å². The molecule has 6 heteroatoms. The fourth-order valence-corrected chi connectivity index (χ4v) is 3.40. The van der Waals surface area contributed by atoms with E-state index in [1.807, 2.05) is 30.4 Å². The third-order valence-electron chi connectivity index (χ3n) is 4.72. The number of rotatable bonds is 4. The lowest BCUT2D eigenvalue weighted by molar-refractivity contribution is -0.122. The van der Waals surface area contributed by atoms with E-state index in [2.05, 4.69) is 27.3 Å². The first kappa shape index (κ1) is 14.8. The zero-order chi connectivity index (χ0) is 16.5. The molecule has 24 heavy (non-hydrogen) atoms. The number of anilines is 1. The number of imide groups is 1. The van der Waals surface area contributed by atoms with Crippen LogP contribution in [0.15, 0.2) is 42.5 Å². The number of aromatic nitrogens is 3. The number of allylic oxidation sites excluding steroid dienone is 2. The van der Waals surface area contributed by atoms with E-state index in [0.717, 1.165) is 11.3 Å². The molecule has 1 aromatic carbocycles. The zero-order valence-corrected chi connectivity index (χ0v) is 13.2. The number of aryl methyl sites for hydroxylation is 2. The zero-order valence-electron chi connectivity index (χ0n) is 13.2. The van der Waals surface area contributed by atoms with Gasteiger partial charge in [-0.15, -0.1) is 5.10 Å². The Morgan fingerprint density at radius 1 is 1.00 bits per heavy atom. The Morgan fingerprint density at radius 3 is 2.33 bits per heavy atom. The van der Waals surface area contributed by atoms with Crippen molar-refractivity contribution in [2.45, 2.75) is 25.7 Å². The Hall–Kier alpha value is -2.76. The summed E-state index contributed by atoms with van der Waals surface area (Å²) in [5.41, 5.74) is 1.21. The van der Waals surface area contributed by atoms with Crippen LogP contribution in [0.4, 0.5) is 5.95 Å². The maximum Gasteiger partial charge on any atom is 0.258 e. The van der Waals surface area contributed by atoms with Crippen molar-refractivity contribution in [1.82, 2.24) is 15.2 Å². The Balaban J connectivity index is 1.48. The number of amides is 2. The second-order valence-corrected chi connectivity index (χ2v) is 6.24. The first-order valence-corrected chi connectivity index (χ1v) is 8.22. The molecule has 2 aromatic rings. The summed E-state index contributed by atoms with van der Waals surface area (Å²) in [6.45, 7) is 0. The molecule has 122 valence electrons. The van der Waals surface area contributed by atoms with Gasteiger partial charge >= 0.3 is 0 Å². The molecule has 2 aliphatic rings. The summed E-state index contributed by atoms with van der Waals surface area (Å²) in [6.07, 6.45) is 6.69. The van der Waals surface area contributed by atoms with Gasteiger partial charge in [-0.05, 0) is 24.8 Å². The molecular weight excluding hydrogens is 304 g/mol. The summed E-state index contributed by atoms with van der Waals surface area (Å²) >= 11 is 0. The molecule has 0 saturated carbocycles. The highest BCUT2D eigenvalue weighted by atomic mass is 16.2. The normalized spacial score (nSPS) is 22.9. The monoisotopic (exact) mass is 322 g/mol. The molecule has 6 nitrogen and oxygen atoms in total. The van der Waals surface area contributed by atoms with Crippen LogP contribution in [-0.4, -0.2) is 27.0 Å². The van der Waals surface area contributed by atoms with Crippen molar-refractivity contribution in [2.24, 2.45) is 11.8 Å². The minimum absolute atomic E-state index is 0.178. The molecule has 1 fully saturated rings. The molecule has 0 spiro atoms. The number of hydrogen-bond donors (Lipinski definition) is 1. The maximum absolute atomic E-state index is 12.5. The third kappa shape index (κ3) is 2.54. The summed E-state index contributed by atoms with van der Waals surface area (Å²) in [5, 5.41) is 6.95. The van der Waals surface area contributed by atoms with Gasteiger partial charge in [0.25, 0.3) is 5.95 Å². The fourth-order valence-electron chi connectivity index (χ4n) is 3.40. The Morgan fingerprint density at radius 2 is 1.67 bits per heavy atom. The summed E-state index contributed by atoms with van der Waals surface area (Å²) in [6, 6.07) is 10.1. The van der Waals surface area contributed by atoms with Gasteiger partial charge in [0, 0.05) is 6.42 Å². The maximum atomic E-state index is 12.5. The Labute approximate surface area is 139 Å². The van der Waals surface area contributed by atoms with E-state index >= 15 is 0 Å². The van der Waals surface area contributed by atoms with Gasteiger partial charge in [-0.1, -0.05) is 42.5 Å². The summed E-state index contributed by atoms with van der Waals surface area (Å²) in [5.74, 6) is -0.00151. The molecule has 1 saturated heterocycles. The number of carbonyl (C=O) groups is 2. The molecule has 1 aliphatic heterocycles. The summed E-state index contributed by atoms with van der Waals surface area (Å²) in [7, 11) is 0. The van der Waals surface area contributed by atoms with E-state index in [1.54, 1.807) is 0 Å². The molecule has 1 N–H and O–H groups in total. The highest BCUT2D eigenvalue weighted by molar-refractivity contribution is 6.21. The average Bonchev–Trinajstić information content (AvgIpc) is 3.18. The van der Waals surface area contributed by atoms with Crippen molar-refractivity contribution in [1.29, 1.82) is 0 Å². The molecule has 4 rings (SSSR count). The molecular formula is C18H18N4O2. The molecule has 0 bridgehead atoms. The predicted octanol–water partition coefficient (Wildman–Crippen LogP) is 2.05. The first-order valence-electron chi connectivity index (χ1n) is 8.22. The standard InChI is InChI=1S/C18H18N4O2/c23-16-13-8-4-5-9-14(13)17(24)22(16)18-19-15(20-21-18)11-10-12-6-2-1-3-7-12/h1-7,13-14H,8-11H2,(H,19,20,21)/t13-,14-/m1/s1. The van der Waals surface area contributed by atoms with Crippen molar-refractivity contribution >= 4 is 17.8 Å². The lowest BCUT2D eigenvalue weighted by Gasteiger charge is -2.14. The van der Waals surface area contributed by atoms with Crippen LogP contribution >= 0.6 is 0 Å². The van der Waals surface area contributed by atoms with Crippen LogP contribution in [0.5, 0.6) is 0 Å². The number of aromatic amines is 1. The van der Waals surface area contributed by atoms with E-state index in [-0.39, 0.29) is 29.6 Å². The van der Waals surface area contributed by atoms with Crippen molar-refractivity contribution < 1.29 is 9.59 Å².